The average Bonchev–Trinajstić information content (AvgIpc) is 3.63. The summed E-state index contributed by atoms with van der Waals surface area (Å²) in [5.74, 6) is 0.314. The molecule has 9 aromatic rings. The molecule has 0 bridgehead atoms. The van der Waals surface area contributed by atoms with Gasteiger partial charge in [0, 0.05) is 15.5 Å². The summed E-state index contributed by atoms with van der Waals surface area (Å²) in [7, 11) is 0. The molecule has 11 rings (SSSR count). The largest absolute Gasteiger partial charge is 0.135 e. The molecule has 0 nitrogen and oxygen atoms in total. The van der Waals surface area contributed by atoms with Gasteiger partial charge < -0.3 is 0 Å². The van der Waals surface area contributed by atoms with E-state index in [0.717, 1.165) is 6.42 Å². The average molecular weight is 665 g/mol. The van der Waals surface area contributed by atoms with Crippen LogP contribution in [0.4, 0.5) is 0 Å². The maximum Gasteiger partial charge on any atom is 0.0361 e. The van der Waals surface area contributed by atoms with Gasteiger partial charge in [0.05, 0.1) is 0 Å². The Bertz CT molecular complexity index is 3020. The second-order valence-corrected chi connectivity index (χ2v) is 15.0. The van der Waals surface area contributed by atoms with Gasteiger partial charge in [0.25, 0.3) is 0 Å². The highest BCUT2D eigenvalue weighted by Gasteiger charge is 2.27. The molecular weight excluding hydrogens is 633 g/mol. The second-order valence-electron chi connectivity index (χ2n) is 13.9. The predicted molar refractivity (Wildman–Crippen MR) is 221 cm³/mol. The van der Waals surface area contributed by atoms with Crippen LogP contribution >= 0.6 is 11.3 Å². The summed E-state index contributed by atoms with van der Waals surface area (Å²) < 4.78 is 1.33. The molecule has 51 heavy (non-hydrogen) atoms. The first-order valence-electron chi connectivity index (χ1n) is 17.9. The van der Waals surface area contributed by atoms with Gasteiger partial charge in [-0.2, -0.15) is 0 Å². The first-order chi connectivity index (χ1) is 25.3. The zero-order chi connectivity index (χ0) is 33.5. The topological polar surface area (TPSA) is 0 Å². The Balaban J connectivity index is 1.25. The molecule has 238 valence electrons. The van der Waals surface area contributed by atoms with Crippen molar-refractivity contribution in [2.45, 2.75) is 6.42 Å². The van der Waals surface area contributed by atoms with Gasteiger partial charge in [0.1, 0.15) is 0 Å². The lowest BCUT2D eigenvalue weighted by Crippen LogP contribution is -2.35. The third kappa shape index (κ3) is 4.38. The minimum atomic E-state index is 0.314. The molecule has 0 N–H and O–H groups in total. The highest BCUT2D eigenvalue weighted by atomic mass is 32.1. The lowest BCUT2D eigenvalue weighted by atomic mass is 9.75. The van der Waals surface area contributed by atoms with Gasteiger partial charge in [-0.25, -0.2) is 0 Å². The molecule has 0 radical (unpaired) electrons. The van der Waals surface area contributed by atoms with Gasteiger partial charge in [-0.15, -0.1) is 11.3 Å². The highest BCUT2D eigenvalue weighted by Crippen LogP contribution is 2.46. The van der Waals surface area contributed by atoms with Crippen LogP contribution in [-0.2, 0) is 0 Å². The summed E-state index contributed by atoms with van der Waals surface area (Å²) in [6.07, 6.45) is 10.5. The fourth-order valence-electron chi connectivity index (χ4n) is 8.87. The van der Waals surface area contributed by atoms with E-state index >= 15 is 0 Å². The van der Waals surface area contributed by atoms with Crippen LogP contribution in [0.25, 0.3) is 86.4 Å². The number of hydrogen-bond acceptors (Lipinski definition) is 1. The van der Waals surface area contributed by atoms with Crippen LogP contribution in [0, 0.1) is 5.92 Å². The van der Waals surface area contributed by atoms with E-state index in [2.05, 4.69) is 176 Å². The summed E-state index contributed by atoms with van der Waals surface area (Å²) >= 11 is 1.89. The summed E-state index contributed by atoms with van der Waals surface area (Å²) in [6, 6.07) is 56.6. The van der Waals surface area contributed by atoms with E-state index in [0.29, 0.717) is 5.92 Å². The molecular formula is C50H32S. The van der Waals surface area contributed by atoms with E-state index in [4.69, 9.17) is 0 Å². The molecule has 0 saturated carbocycles. The van der Waals surface area contributed by atoms with Crippen molar-refractivity contribution in [3.8, 4) is 21.6 Å². The summed E-state index contributed by atoms with van der Waals surface area (Å²) in [6.45, 7) is 0. The molecule has 0 aliphatic heterocycles. The smallest absolute Gasteiger partial charge is 0.0361 e. The van der Waals surface area contributed by atoms with Gasteiger partial charge in [-0.1, -0.05) is 158 Å². The first-order valence-corrected chi connectivity index (χ1v) is 18.7. The molecule has 0 fully saturated rings. The second kappa shape index (κ2) is 11.3. The Morgan fingerprint density at radius 1 is 0.510 bits per heavy atom. The normalized spacial score (nSPS) is 15.3. The van der Waals surface area contributed by atoms with E-state index < -0.39 is 0 Å². The van der Waals surface area contributed by atoms with Crippen molar-refractivity contribution in [2.24, 2.45) is 5.92 Å². The maximum absolute atomic E-state index is 2.55. The molecule has 0 spiro atoms. The monoisotopic (exact) mass is 664 g/mol. The number of fused-ring (bicyclic) bond motifs is 8. The van der Waals surface area contributed by atoms with Crippen LogP contribution in [-0.4, -0.2) is 0 Å². The third-order valence-corrected chi connectivity index (χ3v) is 12.3. The van der Waals surface area contributed by atoms with Crippen LogP contribution in [0.5, 0.6) is 0 Å². The number of hydrogen-bond donors (Lipinski definition) is 0. The Hall–Kier alpha value is -6.02. The van der Waals surface area contributed by atoms with E-state index in [9.17, 15) is 0 Å². The zero-order valence-electron chi connectivity index (χ0n) is 27.9. The van der Waals surface area contributed by atoms with E-state index in [1.54, 1.807) is 0 Å². The van der Waals surface area contributed by atoms with Crippen LogP contribution in [0.15, 0.2) is 175 Å². The van der Waals surface area contributed by atoms with Crippen LogP contribution in [0.1, 0.15) is 12.0 Å². The first kappa shape index (κ1) is 28.8. The van der Waals surface area contributed by atoms with Crippen LogP contribution in [0.3, 0.4) is 0 Å². The Morgan fingerprint density at radius 3 is 1.98 bits per heavy atom. The van der Waals surface area contributed by atoms with E-state index in [1.165, 1.54) is 102 Å². The van der Waals surface area contributed by atoms with Crippen LogP contribution < -0.4 is 10.4 Å². The predicted octanol–water partition coefficient (Wildman–Crippen LogP) is 12.3. The number of rotatable bonds is 3. The lowest BCUT2D eigenvalue weighted by molar-refractivity contribution is 0.824. The molecule has 1 heterocycles. The highest BCUT2D eigenvalue weighted by molar-refractivity contribution is 7.22. The standard InChI is InChI=1S/C50H32S/c1-2-13-32-28-35(25-24-31(32)12-1)48-40-17-6-8-19-42(40)50(43-20-9-7-18-41(43)48)49-36-16-5-3-14-33(36)29-45-37-21-11-22-39(38(37)26-27-44(45)49)47-30-34-15-4-10-23-46(34)51-47/h1-13,15-30,33H,14H2. The SMILES string of the molecule is C1=CCC2C=c3c(ccc4c(-c5cc6ccccc6s5)cccc34)=C(c3c4ccccc4c(-c4ccc5ccccc5c4)c4ccccc34)C2=C1. The van der Waals surface area contributed by atoms with Crippen molar-refractivity contribution < 1.29 is 0 Å². The van der Waals surface area contributed by atoms with Crippen molar-refractivity contribution in [1.29, 1.82) is 0 Å². The fraction of sp³-hybridized carbons (Fsp3) is 0.0400. The Kier molecular flexibility index (Phi) is 6.35. The van der Waals surface area contributed by atoms with Gasteiger partial charge in [-0.3, -0.25) is 0 Å². The molecule has 1 atom stereocenters. The van der Waals surface area contributed by atoms with Gasteiger partial charge in [0.2, 0.25) is 0 Å². The quantitative estimate of drug-likeness (QED) is 0.165. The molecule has 2 aliphatic rings. The van der Waals surface area contributed by atoms with E-state index in [-0.39, 0.29) is 0 Å². The minimum Gasteiger partial charge on any atom is -0.135 e. The lowest BCUT2D eigenvalue weighted by Gasteiger charge is -2.28. The summed E-state index contributed by atoms with van der Waals surface area (Å²) in [5.41, 5.74) is 8.00. The Labute approximate surface area is 300 Å². The molecule has 1 heteroatoms. The molecule has 1 aromatic heterocycles. The van der Waals surface area contributed by atoms with Crippen molar-refractivity contribution in [3.63, 3.8) is 0 Å². The van der Waals surface area contributed by atoms with Gasteiger partial charge >= 0.3 is 0 Å². The minimum absolute atomic E-state index is 0.314. The summed E-state index contributed by atoms with van der Waals surface area (Å²) in [4.78, 5) is 1.32. The van der Waals surface area contributed by atoms with Gasteiger partial charge in [-0.05, 0) is 117 Å². The van der Waals surface area contributed by atoms with Crippen LogP contribution in [0.2, 0.25) is 0 Å². The molecule has 2 aliphatic carbocycles. The third-order valence-electron chi connectivity index (χ3n) is 11.1. The molecule has 0 saturated heterocycles. The molecule has 0 amide bonds. The zero-order valence-corrected chi connectivity index (χ0v) is 28.8. The van der Waals surface area contributed by atoms with E-state index in [1.807, 2.05) is 11.3 Å². The molecule has 1 unspecified atom stereocenters. The van der Waals surface area contributed by atoms with Crippen molar-refractivity contribution in [1.82, 2.24) is 0 Å². The number of benzene rings is 8. The fourth-order valence-corrected chi connectivity index (χ4v) is 9.97. The Morgan fingerprint density at radius 2 is 1.20 bits per heavy atom. The summed E-state index contributed by atoms with van der Waals surface area (Å²) in [5, 5.41) is 14.4. The van der Waals surface area contributed by atoms with Crippen molar-refractivity contribution in [2.75, 3.05) is 0 Å². The van der Waals surface area contributed by atoms with Crippen molar-refractivity contribution in [3.05, 3.63) is 191 Å². The number of thiophene rings is 1. The molecule has 8 aromatic carbocycles. The maximum atomic E-state index is 2.55. The van der Waals surface area contributed by atoms with Gasteiger partial charge in [0.15, 0.2) is 0 Å². The number of allylic oxidation sites excluding steroid dienone is 4. The van der Waals surface area contributed by atoms with Crippen molar-refractivity contribution >= 4 is 76.2 Å².